The van der Waals surface area contributed by atoms with Gasteiger partial charge in [0, 0.05) is 17.9 Å². The number of carbonyl (C=O) groups excluding carboxylic acids is 1. The summed E-state index contributed by atoms with van der Waals surface area (Å²) in [4.78, 5) is 15.5. The zero-order chi connectivity index (χ0) is 19.5. The van der Waals surface area contributed by atoms with E-state index < -0.39 is 6.04 Å². The first-order valence-electron chi connectivity index (χ1n) is 9.21. The number of nitrogens with one attached hydrogen (secondary N) is 1. The Balaban J connectivity index is 1.67. The third-order valence-electron chi connectivity index (χ3n) is 5.02. The van der Waals surface area contributed by atoms with Gasteiger partial charge in [-0.15, -0.1) is 0 Å². The Hall–Kier alpha value is -2.98. The summed E-state index contributed by atoms with van der Waals surface area (Å²) in [6.45, 7) is 0.801. The predicted octanol–water partition coefficient (Wildman–Crippen LogP) is 5.09. The number of ether oxygens (including phenoxy) is 1. The topological polar surface area (TPSA) is 41.6 Å². The normalized spacial score (nSPS) is 13.7. The lowest BCUT2D eigenvalue weighted by atomic mass is 10.0. The van der Waals surface area contributed by atoms with E-state index in [1.807, 2.05) is 42.5 Å². The summed E-state index contributed by atoms with van der Waals surface area (Å²) in [5, 5.41) is 3.48. The van der Waals surface area contributed by atoms with Crippen molar-refractivity contribution in [3.63, 3.8) is 0 Å². The Morgan fingerprint density at radius 2 is 1.82 bits per heavy atom. The van der Waals surface area contributed by atoms with Crippen molar-refractivity contribution in [2.75, 3.05) is 23.9 Å². The molecular weight excluding hydrogens is 372 g/mol. The van der Waals surface area contributed by atoms with E-state index in [2.05, 4.69) is 22.3 Å². The Bertz CT molecular complexity index is 991. The van der Waals surface area contributed by atoms with Crippen molar-refractivity contribution in [3.05, 3.63) is 88.9 Å². The molecule has 0 bridgehead atoms. The smallest absolute Gasteiger partial charge is 0.251 e. The summed E-state index contributed by atoms with van der Waals surface area (Å²) in [5.41, 5.74) is 3.98. The molecule has 3 aromatic rings. The fourth-order valence-electron chi connectivity index (χ4n) is 3.69. The van der Waals surface area contributed by atoms with Gasteiger partial charge in [-0.25, -0.2) is 0 Å². The number of amides is 1. The molecule has 1 aliphatic rings. The minimum absolute atomic E-state index is 0.0934. The maximum atomic E-state index is 13.3. The van der Waals surface area contributed by atoms with E-state index in [1.54, 1.807) is 25.3 Å². The van der Waals surface area contributed by atoms with E-state index in [1.165, 1.54) is 5.56 Å². The van der Waals surface area contributed by atoms with Gasteiger partial charge in [-0.05, 0) is 41.8 Å². The summed E-state index contributed by atoms with van der Waals surface area (Å²) in [5.74, 6) is 0.483. The zero-order valence-electron chi connectivity index (χ0n) is 15.6. The van der Waals surface area contributed by atoms with Gasteiger partial charge in [-0.2, -0.15) is 0 Å². The van der Waals surface area contributed by atoms with Gasteiger partial charge in [0.25, 0.3) is 5.91 Å². The molecule has 1 N–H and O–H groups in total. The van der Waals surface area contributed by atoms with E-state index in [-0.39, 0.29) is 5.91 Å². The average Bonchev–Trinajstić information content (AvgIpc) is 3.13. The lowest BCUT2D eigenvalue weighted by Gasteiger charge is -2.30. The number of anilines is 2. The van der Waals surface area contributed by atoms with Crippen molar-refractivity contribution < 1.29 is 9.53 Å². The van der Waals surface area contributed by atoms with Crippen molar-refractivity contribution in [2.24, 2.45) is 0 Å². The molecule has 4 rings (SSSR count). The van der Waals surface area contributed by atoms with E-state index in [4.69, 9.17) is 16.3 Å². The zero-order valence-corrected chi connectivity index (χ0v) is 16.3. The molecule has 0 saturated carbocycles. The predicted molar refractivity (Wildman–Crippen MR) is 113 cm³/mol. The highest BCUT2D eigenvalue weighted by Crippen LogP contribution is 2.36. The summed E-state index contributed by atoms with van der Waals surface area (Å²) >= 11 is 6.22. The third kappa shape index (κ3) is 3.56. The molecule has 1 unspecified atom stereocenters. The SMILES string of the molecule is COc1ccc(NC(=O)C(c2ccccc2)N2CCc3ccccc32)cc1Cl. The largest absolute Gasteiger partial charge is 0.495 e. The second kappa shape index (κ2) is 7.95. The van der Waals surface area contributed by atoms with Crippen LogP contribution in [0.3, 0.4) is 0 Å². The molecule has 0 saturated heterocycles. The van der Waals surface area contributed by atoms with Gasteiger partial charge in [0.15, 0.2) is 0 Å². The molecule has 1 atom stereocenters. The Kier molecular flexibility index (Phi) is 5.22. The van der Waals surface area contributed by atoms with Crippen molar-refractivity contribution >= 4 is 28.9 Å². The fraction of sp³-hybridized carbons (Fsp3) is 0.174. The number of fused-ring (bicyclic) bond motifs is 1. The van der Waals surface area contributed by atoms with Crippen LogP contribution in [0.25, 0.3) is 0 Å². The van der Waals surface area contributed by atoms with Crippen LogP contribution in [0.4, 0.5) is 11.4 Å². The standard InChI is InChI=1S/C23H21ClN2O2/c1-28-21-12-11-18(15-19(21)24)25-23(27)22(17-8-3-2-4-9-17)26-14-13-16-7-5-6-10-20(16)26/h2-12,15,22H,13-14H2,1H3,(H,25,27). The molecule has 0 spiro atoms. The second-order valence-corrected chi connectivity index (χ2v) is 7.13. The van der Waals surface area contributed by atoms with Gasteiger partial charge in [0.1, 0.15) is 11.8 Å². The molecule has 0 aromatic heterocycles. The van der Waals surface area contributed by atoms with Crippen LogP contribution in [-0.4, -0.2) is 19.6 Å². The summed E-state index contributed by atoms with van der Waals surface area (Å²) in [6.07, 6.45) is 0.932. The number of halogens is 1. The fourth-order valence-corrected chi connectivity index (χ4v) is 3.95. The average molecular weight is 393 g/mol. The molecular formula is C23H21ClN2O2. The van der Waals surface area contributed by atoms with Crippen LogP contribution in [0, 0.1) is 0 Å². The quantitative estimate of drug-likeness (QED) is 0.657. The van der Waals surface area contributed by atoms with E-state index >= 15 is 0 Å². The van der Waals surface area contributed by atoms with E-state index in [0.717, 1.165) is 24.2 Å². The molecule has 1 aliphatic heterocycles. The number of hydrogen-bond acceptors (Lipinski definition) is 3. The van der Waals surface area contributed by atoms with Crippen LogP contribution in [0.2, 0.25) is 5.02 Å². The summed E-state index contributed by atoms with van der Waals surface area (Å²) in [7, 11) is 1.57. The molecule has 0 radical (unpaired) electrons. The van der Waals surface area contributed by atoms with Gasteiger partial charge >= 0.3 is 0 Å². The lowest BCUT2D eigenvalue weighted by molar-refractivity contribution is -0.117. The summed E-state index contributed by atoms with van der Waals surface area (Å²) < 4.78 is 5.19. The number of nitrogens with zero attached hydrogens (tertiary/aromatic N) is 1. The minimum Gasteiger partial charge on any atom is -0.495 e. The Morgan fingerprint density at radius 1 is 1.07 bits per heavy atom. The first-order chi connectivity index (χ1) is 13.7. The number of para-hydroxylation sites is 1. The van der Waals surface area contributed by atoms with Gasteiger partial charge in [-0.3, -0.25) is 4.79 Å². The van der Waals surface area contributed by atoms with Crippen LogP contribution >= 0.6 is 11.6 Å². The minimum atomic E-state index is -0.425. The second-order valence-electron chi connectivity index (χ2n) is 6.72. The van der Waals surface area contributed by atoms with Gasteiger partial charge in [-0.1, -0.05) is 60.1 Å². The maximum Gasteiger partial charge on any atom is 0.251 e. The maximum absolute atomic E-state index is 13.3. The highest BCUT2D eigenvalue weighted by molar-refractivity contribution is 6.32. The molecule has 1 amide bonds. The first kappa shape index (κ1) is 18.4. The number of methoxy groups -OCH3 is 1. The molecule has 3 aromatic carbocycles. The number of carbonyl (C=O) groups is 1. The molecule has 0 aliphatic carbocycles. The number of rotatable bonds is 5. The molecule has 5 heteroatoms. The van der Waals surface area contributed by atoms with E-state index in [9.17, 15) is 4.79 Å². The molecule has 1 heterocycles. The third-order valence-corrected chi connectivity index (χ3v) is 5.31. The van der Waals surface area contributed by atoms with Crippen LogP contribution < -0.4 is 15.0 Å². The van der Waals surface area contributed by atoms with E-state index in [0.29, 0.717) is 16.5 Å². The Labute approximate surface area is 169 Å². The highest BCUT2D eigenvalue weighted by Gasteiger charge is 2.32. The van der Waals surface area contributed by atoms with Gasteiger partial charge in [0.05, 0.1) is 12.1 Å². The summed E-state index contributed by atoms with van der Waals surface area (Å²) in [6, 6.07) is 22.9. The van der Waals surface area contributed by atoms with Crippen LogP contribution in [-0.2, 0) is 11.2 Å². The van der Waals surface area contributed by atoms with Crippen LogP contribution in [0.5, 0.6) is 5.75 Å². The van der Waals surface area contributed by atoms with Crippen molar-refractivity contribution in [1.82, 2.24) is 0 Å². The first-order valence-corrected chi connectivity index (χ1v) is 9.59. The van der Waals surface area contributed by atoms with Crippen LogP contribution in [0.1, 0.15) is 17.2 Å². The van der Waals surface area contributed by atoms with Crippen molar-refractivity contribution in [3.8, 4) is 5.75 Å². The lowest BCUT2D eigenvalue weighted by Crippen LogP contribution is -2.36. The number of hydrogen-bond donors (Lipinski definition) is 1. The van der Waals surface area contributed by atoms with Crippen molar-refractivity contribution in [2.45, 2.75) is 12.5 Å². The van der Waals surface area contributed by atoms with Crippen molar-refractivity contribution in [1.29, 1.82) is 0 Å². The molecule has 28 heavy (non-hydrogen) atoms. The monoisotopic (exact) mass is 392 g/mol. The molecule has 142 valence electrons. The van der Waals surface area contributed by atoms with Gasteiger partial charge < -0.3 is 15.0 Å². The van der Waals surface area contributed by atoms with Crippen LogP contribution in [0.15, 0.2) is 72.8 Å². The molecule has 4 nitrogen and oxygen atoms in total. The Morgan fingerprint density at radius 3 is 2.57 bits per heavy atom. The van der Waals surface area contributed by atoms with Gasteiger partial charge in [0.2, 0.25) is 0 Å². The number of benzene rings is 3. The highest BCUT2D eigenvalue weighted by atomic mass is 35.5. The molecule has 0 fully saturated rings.